The predicted molar refractivity (Wildman–Crippen MR) is 123 cm³/mol. The van der Waals surface area contributed by atoms with Crippen LogP contribution in [0.5, 0.6) is 0 Å². The van der Waals surface area contributed by atoms with E-state index in [2.05, 4.69) is 0 Å². The van der Waals surface area contributed by atoms with E-state index in [0.29, 0.717) is 6.54 Å². The molecule has 1 fully saturated rings. The monoisotopic (exact) mass is 486 g/mol. The fourth-order valence-corrected chi connectivity index (χ4v) is 6.27. The molecular formula is C23H26N4O6S. The van der Waals surface area contributed by atoms with E-state index in [0.717, 1.165) is 23.6 Å². The number of para-hydroxylation sites is 1. The number of rotatable bonds is 5. The average Bonchev–Trinajstić information content (AvgIpc) is 2.84. The Labute approximate surface area is 198 Å². The molecule has 10 nitrogen and oxygen atoms in total. The molecule has 0 radical (unpaired) electrons. The third-order valence-electron chi connectivity index (χ3n) is 6.46. The van der Waals surface area contributed by atoms with Gasteiger partial charge in [0.2, 0.25) is 21.8 Å². The highest BCUT2D eigenvalue weighted by Crippen LogP contribution is 2.33. The Kier molecular flexibility index (Phi) is 6.67. The van der Waals surface area contributed by atoms with Crippen molar-refractivity contribution < 1.29 is 22.9 Å². The van der Waals surface area contributed by atoms with E-state index in [-0.39, 0.29) is 55.4 Å². The van der Waals surface area contributed by atoms with Crippen molar-refractivity contribution in [2.75, 3.05) is 32.7 Å². The van der Waals surface area contributed by atoms with Crippen molar-refractivity contribution in [2.24, 2.45) is 0 Å². The maximum atomic E-state index is 13.1. The Morgan fingerprint density at radius 3 is 2.32 bits per heavy atom. The van der Waals surface area contributed by atoms with Gasteiger partial charge in [0.15, 0.2) is 4.90 Å². The van der Waals surface area contributed by atoms with Crippen LogP contribution in [0.15, 0.2) is 53.4 Å². The van der Waals surface area contributed by atoms with Gasteiger partial charge in [0.25, 0.3) is 5.69 Å². The summed E-state index contributed by atoms with van der Waals surface area (Å²) in [5.41, 5.74) is 1.62. The number of nitro benzene ring substituents is 1. The zero-order valence-corrected chi connectivity index (χ0v) is 19.6. The van der Waals surface area contributed by atoms with E-state index in [1.54, 1.807) is 9.80 Å². The van der Waals surface area contributed by atoms with Crippen LogP contribution in [-0.4, -0.2) is 72.0 Å². The molecule has 2 aliphatic rings. The number of amides is 2. The Morgan fingerprint density at radius 1 is 1.00 bits per heavy atom. The van der Waals surface area contributed by atoms with Crippen LogP contribution in [-0.2, 0) is 26.0 Å². The molecule has 2 heterocycles. The summed E-state index contributed by atoms with van der Waals surface area (Å²) in [4.78, 5) is 38.9. The van der Waals surface area contributed by atoms with E-state index < -0.39 is 20.6 Å². The molecule has 1 saturated heterocycles. The first kappa shape index (κ1) is 23.8. The lowest BCUT2D eigenvalue weighted by Crippen LogP contribution is -2.51. The molecular weight excluding hydrogens is 460 g/mol. The van der Waals surface area contributed by atoms with Gasteiger partial charge in [-0.15, -0.1) is 0 Å². The summed E-state index contributed by atoms with van der Waals surface area (Å²) in [6.45, 7) is 2.47. The zero-order chi connectivity index (χ0) is 24.5. The molecule has 11 heteroatoms. The molecule has 0 saturated carbocycles. The first-order valence-corrected chi connectivity index (χ1v) is 12.5. The summed E-state index contributed by atoms with van der Waals surface area (Å²) in [5.74, 6) is -0.247. The van der Waals surface area contributed by atoms with Gasteiger partial charge in [-0.2, -0.15) is 4.31 Å². The average molecular weight is 487 g/mol. The number of piperazine rings is 1. The lowest BCUT2D eigenvalue weighted by Gasteiger charge is -2.39. The lowest BCUT2D eigenvalue weighted by atomic mass is 9.90. The van der Waals surface area contributed by atoms with Gasteiger partial charge in [0.1, 0.15) is 0 Å². The van der Waals surface area contributed by atoms with E-state index in [1.165, 1.54) is 29.4 Å². The topological polar surface area (TPSA) is 121 Å². The third kappa shape index (κ3) is 4.53. The van der Waals surface area contributed by atoms with Crippen molar-refractivity contribution in [3.63, 3.8) is 0 Å². The molecule has 0 aliphatic carbocycles. The minimum absolute atomic E-state index is 0.0395. The second-order valence-corrected chi connectivity index (χ2v) is 10.3. The van der Waals surface area contributed by atoms with Crippen molar-refractivity contribution in [1.82, 2.24) is 14.1 Å². The molecule has 34 heavy (non-hydrogen) atoms. The SMILES string of the molecule is CC(=O)N1CCc2ccccc2C1CC(=O)N1CCN(S(=O)(=O)c2ccccc2[N+](=O)[O-])CC1. The van der Waals surface area contributed by atoms with E-state index in [9.17, 15) is 28.1 Å². The van der Waals surface area contributed by atoms with E-state index >= 15 is 0 Å². The Balaban J connectivity index is 1.46. The van der Waals surface area contributed by atoms with Crippen LogP contribution in [0.2, 0.25) is 0 Å². The molecule has 180 valence electrons. The van der Waals surface area contributed by atoms with Gasteiger partial charge in [0, 0.05) is 45.7 Å². The third-order valence-corrected chi connectivity index (χ3v) is 8.40. The van der Waals surface area contributed by atoms with Crippen LogP contribution in [0.3, 0.4) is 0 Å². The molecule has 0 spiro atoms. The Bertz CT molecular complexity index is 1220. The van der Waals surface area contributed by atoms with Gasteiger partial charge in [-0.05, 0) is 23.6 Å². The van der Waals surface area contributed by atoms with Crippen LogP contribution in [0, 0.1) is 10.1 Å². The maximum absolute atomic E-state index is 13.1. The number of carbonyl (C=O) groups is 2. The molecule has 0 bridgehead atoms. The minimum atomic E-state index is -4.07. The van der Waals surface area contributed by atoms with Crippen LogP contribution in [0.25, 0.3) is 0 Å². The molecule has 1 unspecified atom stereocenters. The number of hydrogen-bond acceptors (Lipinski definition) is 6. The van der Waals surface area contributed by atoms with Crippen LogP contribution >= 0.6 is 0 Å². The molecule has 2 amide bonds. The van der Waals surface area contributed by atoms with Crippen molar-refractivity contribution >= 4 is 27.5 Å². The normalized spacial score (nSPS) is 18.9. The van der Waals surface area contributed by atoms with Gasteiger partial charge in [-0.3, -0.25) is 19.7 Å². The highest BCUT2D eigenvalue weighted by atomic mass is 32.2. The number of hydrogen-bond donors (Lipinski definition) is 0. The number of carbonyl (C=O) groups excluding carboxylic acids is 2. The first-order valence-electron chi connectivity index (χ1n) is 11.1. The minimum Gasteiger partial charge on any atom is -0.340 e. The fourth-order valence-electron chi connectivity index (χ4n) is 4.69. The van der Waals surface area contributed by atoms with Crippen LogP contribution in [0.4, 0.5) is 5.69 Å². The summed E-state index contributed by atoms with van der Waals surface area (Å²) in [6, 6.07) is 12.7. The quantitative estimate of drug-likeness (QED) is 0.471. The molecule has 2 aromatic carbocycles. The van der Waals surface area contributed by atoms with Crippen LogP contribution in [0.1, 0.15) is 30.5 Å². The molecule has 1 atom stereocenters. The van der Waals surface area contributed by atoms with Crippen molar-refractivity contribution in [1.29, 1.82) is 0 Å². The second-order valence-electron chi connectivity index (χ2n) is 8.39. The summed E-state index contributed by atoms with van der Waals surface area (Å²) >= 11 is 0. The summed E-state index contributed by atoms with van der Waals surface area (Å²) in [6.07, 6.45) is 0.857. The van der Waals surface area contributed by atoms with E-state index in [4.69, 9.17) is 0 Å². The second kappa shape index (κ2) is 9.51. The number of benzene rings is 2. The number of sulfonamides is 1. The summed E-state index contributed by atoms with van der Waals surface area (Å²) in [5, 5.41) is 11.3. The van der Waals surface area contributed by atoms with Crippen molar-refractivity contribution in [2.45, 2.75) is 30.7 Å². The molecule has 0 N–H and O–H groups in total. The van der Waals surface area contributed by atoms with E-state index in [1.807, 2.05) is 24.3 Å². The zero-order valence-electron chi connectivity index (χ0n) is 18.8. The number of fused-ring (bicyclic) bond motifs is 1. The molecule has 2 aromatic rings. The smallest absolute Gasteiger partial charge is 0.289 e. The van der Waals surface area contributed by atoms with Gasteiger partial charge in [-0.1, -0.05) is 36.4 Å². The fraction of sp³-hybridized carbons (Fsp3) is 0.391. The van der Waals surface area contributed by atoms with Crippen LogP contribution < -0.4 is 0 Å². The Morgan fingerprint density at radius 2 is 1.65 bits per heavy atom. The Hall–Kier alpha value is -3.31. The first-order chi connectivity index (χ1) is 16.2. The number of nitrogens with zero attached hydrogens (tertiary/aromatic N) is 4. The number of nitro groups is 1. The van der Waals surface area contributed by atoms with Crippen molar-refractivity contribution in [3.8, 4) is 0 Å². The lowest BCUT2D eigenvalue weighted by molar-refractivity contribution is -0.387. The van der Waals surface area contributed by atoms with Gasteiger partial charge >= 0.3 is 0 Å². The van der Waals surface area contributed by atoms with Crippen molar-refractivity contribution in [3.05, 3.63) is 69.8 Å². The summed E-state index contributed by atoms with van der Waals surface area (Å²) < 4.78 is 27.2. The van der Waals surface area contributed by atoms with Gasteiger partial charge < -0.3 is 9.80 Å². The predicted octanol–water partition coefficient (Wildman–Crippen LogP) is 1.96. The van der Waals surface area contributed by atoms with Gasteiger partial charge in [0.05, 0.1) is 17.4 Å². The standard InChI is InChI=1S/C23H26N4O6S/c1-17(28)26-11-10-18-6-2-3-7-19(18)21(26)16-23(29)24-12-14-25(15-13-24)34(32,33)22-9-5-4-8-20(22)27(30)31/h2-9,21H,10-16H2,1H3. The molecule has 4 rings (SSSR count). The molecule has 2 aliphatic heterocycles. The highest BCUT2D eigenvalue weighted by Gasteiger charge is 2.36. The van der Waals surface area contributed by atoms with Gasteiger partial charge in [-0.25, -0.2) is 8.42 Å². The summed E-state index contributed by atoms with van der Waals surface area (Å²) in [7, 11) is -4.07. The highest BCUT2D eigenvalue weighted by molar-refractivity contribution is 7.89. The largest absolute Gasteiger partial charge is 0.340 e. The maximum Gasteiger partial charge on any atom is 0.289 e. The molecule has 0 aromatic heterocycles.